The topological polar surface area (TPSA) is 71.1 Å². The molecule has 6 heteroatoms. The number of carbonyl (C=O) groups excluding carboxylic acids is 2. The lowest BCUT2D eigenvalue weighted by Crippen LogP contribution is -2.41. The van der Waals surface area contributed by atoms with E-state index in [-0.39, 0.29) is 0 Å². The van der Waals surface area contributed by atoms with Crippen molar-refractivity contribution in [3.8, 4) is 11.5 Å². The molecule has 0 amide bonds. The highest BCUT2D eigenvalue weighted by Crippen LogP contribution is 2.33. The number of hydrogen-bond acceptors (Lipinski definition) is 6. The Labute approximate surface area is 167 Å². The van der Waals surface area contributed by atoms with Gasteiger partial charge in [-0.1, -0.05) is 66.7 Å². The standard InChI is InChI=1S/C23H18O6/c24-21(26-17-12-6-2-7-13-17)19-20(22(25)27-18-14-8-3-9-15-18)29-23(28-19)16-10-4-1-5-11-16/h1-15,19-20,23H/t19-,20-/m1/s1. The van der Waals surface area contributed by atoms with Crippen molar-refractivity contribution in [2.45, 2.75) is 18.5 Å². The zero-order valence-electron chi connectivity index (χ0n) is 15.3. The van der Waals surface area contributed by atoms with Crippen LogP contribution in [0.25, 0.3) is 0 Å². The summed E-state index contributed by atoms with van der Waals surface area (Å²) >= 11 is 0. The number of benzene rings is 3. The van der Waals surface area contributed by atoms with Gasteiger partial charge in [-0.3, -0.25) is 0 Å². The van der Waals surface area contributed by atoms with Crippen LogP contribution in [0.3, 0.4) is 0 Å². The summed E-state index contributed by atoms with van der Waals surface area (Å²) in [6.07, 6.45) is -3.42. The van der Waals surface area contributed by atoms with Crippen molar-refractivity contribution in [1.29, 1.82) is 0 Å². The summed E-state index contributed by atoms with van der Waals surface area (Å²) in [7, 11) is 0. The van der Waals surface area contributed by atoms with Gasteiger partial charge in [-0.15, -0.1) is 0 Å². The molecule has 0 unspecified atom stereocenters. The molecule has 1 saturated heterocycles. The Kier molecular flexibility index (Phi) is 5.65. The second-order valence-electron chi connectivity index (χ2n) is 6.32. The van der Waals surface area contributed by atoms with Crippen LogP contribution in [0, 0.1) is 0 Å². The molecule has 146 valence electrons. The van der Waals surface area contributed by atoms with Crippen molar-refractivity contribution in [3.05, 3.63) is 96.6 Å². The van der Waals surface area contributed by atoms with Crippen LogP contribution in [0.5, 0.6) is 11.5 Å². The zero-order valence-corrected chi connectivity index (χ0v) is 15.3. The molecule has 1 heterocycles. The maximum atomic E-state index is 12.7. The van der Waals surface area contributed by atoms with Gasteiger partial charge in [0.25, 0.3) is 0 Å². The first-order valence-electron chi connectivity index (χ1n) is 9.10. The van der Waals surface area contributed by atoms with Gasteiger partial charge in [0.1, 0.15) is 11.5 Å². The highest BCUT2D eigenvalue weighted by Gasteiger charge is 2.48. The number of para-hydroxylation sites is 2. The van der Waals surface area contributed by atoms with Crippen LogP contribution in [0.2, 0.25) is 0 Å². The summed E-state index contributed by atoms with van der Waals surface area (Å²) in [6.45, 7) is 0. The summed E-state index contributed by atoms with van der Waals surface area (Å²) in [5.74, 6) is -0.770. The molecule has 1 fully saturated rings. The molecule has 4 rings (SSSR count). The van der Waals surface area contributed by atoms with Crippen LogP contribution in [0.4, 0.5) is 0 Å². The van der Waals surface area contributed by atoms with E-state index in [1.807, 2.05) is 18.2 Å². The number of ether oxygens (including phenoxy) is 4. The second-order valence-corrected chi connectivity index (χ2v) is 6.32. The van der Waals surface area contributed by atoms with Crippen LogP contribution in [-0.2, 0) is 19.1 Å². The zero-order chi connectivity index (χ0) is 20.1. The Hall–Kier alpha value is -3.48. The summed E-state index contributed by atoms with van der Waals surface area (Å²) in [5, 5.41) is 0. The number of hydrogen-bond donors (Lipinski definition) is 0. The fourth-order valence-electron chi connectivity index (χ4n) is 2.89. The molecule has 3 aromatic rings. The third-order valence-corrected chi connectivity index (χ3v) is 4.28. The monoisotopic (exact) mass is 390 g/mol. The van der Waals surface area contributed by atoms with Crippen molar-refractivity contribution < 1.29 is 28.5 Å². The van der Waals surface area contributed by atoms with Crippen LogP contribution < -0.4 is 9.47 Å². The van der Waals surface area contributed by atoms with Crippen LogP contribution in [0.1, 0.15) is 11.9 Å². The van der Waals surface area contributed by atoms with E-state index >= 15 is 0 Å². The van der Waals surface area contributed by atoms with E-state index in [1.54, 1.807) is 72.8 Å². The van der Waals surface area contributed by atoms with Gasteiger partial charge in [0.05, 0.1) is 0 Å². The van der Waals surface area contributed by atoms with E-state index in [0.717, 1.165) is 0 Å². The fourth-order valence-corrected chi connectivity index (χ4v) is 2.89. The van der Waals surface area contributed by atoms with Crippen LogP contribution in [-0.4, -0.2) is 24.1 Å². The SMILES string of the molecule is O=C(Oc1ccccc1)[C@@H]1OC(c2ccccc2)O[C@H]1C(=O)Oc1ccccc1. The van der Waals surface area contributed by atoms with Gasteiger partial charge in [0.2, 0.25) is 0 Å². The molecule has 0 aromatic heterocycles. The summed E-state index contributed by atoms with van der Waals surface area (Å²) in [5.41, 5.74) is 0.681. The van der Waals surface area contributed by atoms with Gasteiger partial charge in [-0.2, -0.15) is 0 Å². The molecular formula is C23H18O6. The molecule has 0 radical (unpaired) electrons. The van der Waals surface area contributed by atoms with Gasteiger partial charge in [0, 0.05) is 5.56 Å². The average molecular weight is 390 g/mol. The number of rotatable bonds is 5. The third-order valence-electron chi connectivity index (χ3n) is 4.28. The molecule has 3 aromatic carbocycles. The van der Waals surface area contributed by atoms with E-state index in [1.165, 1.54) is 0 Å². The lowest BCUT2D eigenvalue weighted by molar-refractivity contribution is -0.153. The maximum Gasteiger partial charge on any atom is 0.344 e. The minimum atomic E-state index is -1.27. The minimum Gasteiger partial charge on any atom is -0.425 e. The first-order chi connectivity index (χ1) is 14.2. The minimum absolute atomic E-state index is 0.347. The Balaban J connectivity index is 1.55. The predicted molar refractivity (Wildman–Crippen MR) is 103 cm³/mol. The quantitative estimate of drug-likeness (QED) is 0.489. The second kappa shape index (κ2) is 8.68. The lowest BCUT2D eigenvalue weighted by Gasteiger charge is -2.14. The van der Waals surface area contributed by atoms with Crippen LogP contribution in [0.15, 0.2) is 91.0 Å². The van der Waals surface area contributed by atoms with E-state index in [0.29, 0.717) is 17.1 Å². The summed E-state index contributed by atoms with van der Waals surface area (Å²) < 4.78 is 22.2. The van der Waals surface area contributed by atoms with Crippen molar-refractivity contribution in [2.75, 3.05) is 0 Å². The van der Waals surface area contributed by atoms with E-state index in [2.05, 4.69) is 0 Å². The Morgan fingerprint density at radius 1 is 0.586 bits per heavy atom. The van der Waals surface area contributed by atoms with E-state index in [4.69, 9.17) is 18.9 Å². The van der Waals surface area contributed by atoms with Crippen molar-refractivity contribution >= 4 is 11.9 Å². The Morgan fingerprint density at radius 2 is 0.966 bits per heavy atom. The van der Waals surface area contributed by atoms with E-state index < -0.39 is 30.4 Å². The Morgan fingerprint density at radius 3 is 1.38 bits per heavy atom. The molecule has 6 nitrogen and oxygen atoms in total. The fraction of sp³-hybridized carbons (Fsp3) is 0.130. The van der Waals surface area contributed by atoms with Crippen LogP contribution >= 0.6 is 0 Å². The van der Waals surface area contributed by atoms with Gasteiger partial charge >= 0.3 is 11.9 Å². The number of carbonyl (C=O) groups is 2. The summed E-state index contributed by atoms with van der Waals surface area (Å²) in [4.78, 5) is 25.4. The lowest BCUT2D eigenvalue weighted by atomic mass is 10.2. The highest BCUT2D eigenvalue weighted by atomic mass is 16.8. The molecule has 0 spiro atoms. The summed E-state index contributed by atoms with van der Waals surface area (Å²) in [6, 6.07) is 26.2. The number of esters is 2. The van der Waals surface area contributed by atoms with Gasteiger partial charge in [-0.05, 0) is 24.3 Å². The largest absolute Gasteiger partial charge is 0.425 e. The first-order valence-corrected chi connectivity index (χ1v) is 9.10. The normalized spacial score (nSPS) is 18.9. The first kappa shape index (κ1) is 18.9. The predicted octanol–water partition coefficient (Wildman–Crippen LogP) is 3.68. The average Bonchev–Trinajstić information content (AvgIpc) is 3.22. The molecule has 29 heavy (non-hydrogen) atoms. The third kappa shape index (κ3) is 4.51. The van der Waals surface area contributed by atoms with Gasteiger partial charge in [0.15, 0.2) is 18.5 Å². The maximum absolute atomic E-state index is 12.7. The van der Waals surface area contributed by atoms with E-state index in [9.17, 15) is 9.59 Å². The molecule has 1 aliphatic heterocycles. The van der Waals surface area contributed by atoms with Gasteiger partial charge in [-0.25, -0.2) is 9.59 Å². The van der Waals surface area contributed by atoms with Gasteiger partial charge < -0.3 is 18.9 Å². The Bertz CT molecular complexity index is 897. The van der Waals surface area contributed by atoms with Crippen molar-refractivity contribution in [2.24, 2.45) is 0 Å². The molecule has 1 aliphatic rings. The molecule has 0 N–H and O–H groups in total. The van der Waals surface area contributed by atoms with Crippen molar-refractivity contribution in [1.82, 2.24) is 0 Å². The molecule has 0 aliphatic carbocycles. The smallest absolute Gasteiger partial charge is 0.344 e. The molecule has 0 saturated carbocycles. The molecule has 2 atom stereocenters. The molecule has 0 bridgehead atoms. The van der Waals surface area contributed by atoms with Crippen molar-refractivity contribution in [3.63, 3.8) is 0 Å². The highest BCUT2D eigenvalue weighted by molar-refractivity contribution is 5.88. The molecular weight excluding hydrogens is 372 g/mol.